The molecule has 5 nitrogen and oxygen atoms in total. The highest BCUT2D eigenvalue weighted by molar-refractivity contribution is 7.92. The van der Waals surface area contributed by atoms with E-state index in [-0.39, 0.29) is 11.7 Å². The fourth-order valence-corrected chi connectivity index (χ4v) is 3.08. The number of aromatic amines is 1. The number of aromatic nitrogens is 2. The average molecular weight is 253 g/mol. The van der Waals surface area contributed by atoms with Gasteiger partial charge in [0.2, 0.25) is 10.0 Å². The topological polar surface area (TPSA) is 74.8 Å². The molecule has 0 radical (unpaired) electrons. The smallest absolute Gasteiger partial charge is 0.234 e. The van der Waals surface area contributed by atoms with Gasteiger partial charge in [0.25, 0.3) is 0 Å². The van der Waals surface area contributed by atoms with Crippen LogP contribution < -0.4 is 4.72 Å². The molecule has 0 saturated heterocycles. The van der Waals surface area contributed by atoms with Crippen LogP contribution in [0.5, 0.6) is 0 Å². The number of nitrogens with one attached hydrogen (secondary N) is 2. The van der Waals surface area contributed by atoms with Crippen LogP contribution in [0.15, 0.2) is 24.3 Å². The van der Waals surface area contributed by atoms with Gasteiger partial charge in [0.05, 0.1) is 11.3 Å². The second-order valence-electron chi connectivity index (χ2n) is 4.40. The van der Waals surface area contributed by atoms with Crippen LogP contribution in [0.25, 0.3) is 10.9 Å². The lowest BCUT2D eigenvalue weighted by Crippen LogP contribution is -2.20. The van der Waals surface area contributed by atoms with Crippen molar-refractivity contribution in [2.75, 3.05) is 10.5 Å². The fourth-order valence-electron chi connectivity index (χ4n) is 1.67. The highest BCUT2D eigenvalue weighted by atomic mass is 32.2. The summed E-state index contributed by atoms with van der Waals surface area (Å²) in [5, 5.41) is 7.54. The Hall–Kier alpha value is -1.56. The van der Waals surface area contributed by atoms with Gasteiger partial charge in [0.1, 0.15) is 0 Å². The third kappa shape index (κ3) is 2.76. The Morgan fingerprint density at radius 3 is 2.76 bits per heavy atom. The van der Waals surface area contributed by atoms with Gasteiger partial charge in [-0.3, -0.25) is 9.82 Å². The first-order valence-corrected chi connectivity index (χ1v) is 7.07. The predicted molar refractivity (Wildman–Crippen MR) is 68.3 cm³/mol. The van der Waals surface area contributed by atoms with Crippen molar-refractivity contribution in [1.82, 2.24) is 10.2 Å². The van der Waals surface area contributed by atoms with E-state index in [2.05, 4.69) is 14.9 Å². The molecule has 1 aromatic carbocycles. The number of rotatable bonds is 4. The second kappa shape index (κ2) is 4.37. The van der Waals surface area contributed by atoms with Gasteiger partial charge in [-0.05, 0) is 18.1 Å². The Morgan fingerprint density at radius 2 is 2.06 bits per heavy atom. The molecular formula is C11H15N3O2S. The lowest BCUT2D eigenvalue weighted by atomic mass is 10.2. The zero-order valence-electron chi connectivity index (χ0n) is 9.77. The molecule has 0 unspecified atom stereocenters. The summed E-state index contributed by atoms with van der Waals surface area (Å²) in [6.07, 6.45) is 0. The summed E-state index contributed by atoms with van der Waals surface area (Å²) in [5.41, 5.74) is 0.815. The van der Waals surface area contributed by atoms with E-state index in [1.807, 2.05) is 38.1 Å². The molecule has 0 aliphatic rings. The van der Waals surface area contributed by atoms with Gasteiger partial charge in [-0.15, -0.1) is 0 Å². The van der Waals surface area contributed by atoms with Crippen LogP contribution >= 0.6 is 0 Å². The second-order valence-corrected chi connectivity index (χ2v) is 6.16. The Balaban J connectivity index is 2.30. The summed E-state index contributed by atoms with van der Waals surface area (Å²) in [6, 6.07) is 7.39. The van der Waals surface area contributed by atoms with Gasteiger partial charge < -0.3 is 0 Å². The summed E-state index contributed by atoms with van der Waals surface area (Å²) < 4.78 is 26.1. The van der Waals surface area contributed by atoms with E-state index in [4.69, 9.17) is 0 Å². The van der Waals surface area contributed by atoms with Gasteiger partial charge in [0.15, 0.2) is 5.82 Å². The van der Waals surface area contributed by atoms with Gasteiger partial charge in [-0.2, -0.15) is 5.10 Å². The van der Waals surface area contributed by atoms with Crippen LogP contribution in [0, 0.1) is 5.92 Å². The van der Waals surface area contributed by atoms with Crippen molar-refractivity contribution in [3.05, 3.63) is 24.3 Å². The molecule has 1 aromatic heterocycles. The van der Waals surface area contributed by atoms with Crippen molar-refractivity contribution in [3.63, 3.8) is 0 Å². The third-order valence-corrected chi connectivity index (χ3v) is 3.89. The lowest BCUT2D eigenvalue weighted by molar-refractivity contribution is 0.587. The first-order valence-electron chi connectivity index (χ1n) is 5.41. The van der Waals surface area contributed by atoms with Crippen LogP contribution in [0.4, 0.5) is 5.82 Å². The molecule has 2 aromatic rings. The van der Waals surface area contributed by atoms with Crippen LogP contribution in [0.3, 0.4) is 0 Å². The molecule has 2 N–H and O–H groups in total. The third-order valence-electron chi connectivity index (χ3n) is 2.28. The van der Waals surface area contributed by atoms with Crippen LogP contribution in [-0.4, -0.2) is 24.4 Å². The molecule has 0 atom stereocenters. The molecule has 2 rings (SSSR count). The molecular weight excluding hydrogens is 238 g/mol. The number of fused-ring (bicyclic) bond motifs is 1. The van der Waals surface area contributed by atoms with Gasteiger partial charge >= 0.3 is 0 Å². The van der Waals surface area contributed by atoms with Gasteiger partial charge in [0, 0.05) is 5.39 Å². The van der Waals surface area contributed by atoms with E-state index < -0.39 is 10.0 Å². The van der Waals surface area contributed by atoms with E-state index in [0.29, 0.717) is 5.82 Å². The minimum atomic E-state index is -3.33. The lowest BCUT2D eigenvalue weighted by Gasteiger charge is -2.07. The molecule has 1 heterocycles. The van der Waals surface area contributed by atoms with Gasteiger partial charge in [-0.1, -0.05) is 26.0 Å². The molecule has 0 amide bonds. The quantitative estimate of drug-likeness (QED) is 0.874. The maximum atomic E-state index is 11.8. The summed E-state index contributed by atoms with van der Waals surface area (Å²) in [6.45, 7) is 3.73. The molecule has 0 saturated carbocycles. The number of nitrogens with zero attached hydrogens (tertiary/aromatic N) is 1. The van der Waals surface area contributed by atoms with E-state index in [0.717, 1.165) is 10.9 Å². The zero-order valence-corrected chi connectivity index (χ0v) is 10.6. The minimum Gasteiger partial charge on any atom is -0.276 e. The Morgan fingerprint density at radius 1 is 1.35 bits per heavy atom. The van der Waals surface area contributed by atoms with Crippen molar-refractivity contribution in [2.45, 2.75) is 13.8 Å². The van der Waals surface area contributed by atoms with Crippen LogP contribution in [0.2, 0.25) is 0 Å². The molecule has 92 valence electrons. The van der Waals surface area contributed by atoms with Gasteiger partial charge in [-0.25, -0.2) is 8.42 Å². The number of sulfonamides is 1. The van der Waals surface area contributed by atoms with Crippen molar-refractivity contribution in [1.29, 1.82) is 0 Å². The average Bonchev–Trinajstić information content (AvgIpc) is 2.59. The van der Waals surface area contributed by atoms with Crippen LogP contribution in [-0.2, 0) is 10.0 Å². The molecule has 0 spiro atoms. The number of para-hydroxylation sites is 1. The summed E-state index contributed by atoms with van der Waals surface area (Å²) in [4.78, 5) is 0. The predicted octanol–water partition coefficient (Wildman–Crippen LogP) is 1.96. The first-order chi connectivity index (χ1) is 7.98. The summed E-state index contributed by atoms with van der Waals surface area (Å²) in [5.74, 6) is 0.535. The van der Waals surface area contributed by atoms with E-state index in [9.17, 15) is 8.42 Å². The Labute approximate surface area is 100 Å². The molecule has 0 aliphatic carbocycles. The largest absolute Gasteiger partial charge is 0.276 e. The van der Waals surface area contributed by atoms with Crippen molar-refractivity contribution in [3.8, 4) is 0 Å². The summed E-state index contributed by atoms with van der Waals surface area (Å²) in [7, 11) is -3.33. The monoisotopic (exact) mass is 253 g/mol. The molecule has 17 heavy (non-hydrogen) atoms. The standard InChI is InChI=1S/C11H15N3O2S/c1-8(2)7-17(15,16)14-11-9-5-3-4-6-10(9)12-13-11/h3-6,8H,7H2,1-2H3,(H2,12,13,14). The van der Waals surface area contributed by atoms with Crippen molar-refractivity contribution < 1.29 is 8.42 Å². The SMILES string of the molecule is CC(C)CS(=O)(=O)Nc1n[nH]c2ccccc12. The van der Waals surface area contributed by atoms with E-state index >= 15 is 0 Å². The molecule has 0 bridgehead atoms. The zero-order chi connectivity index (χ0) is 12.5. The van der Waals surface area contributed by atoms with Crippen LogP contribution in [0.1, 0.15) is 13.8 Å². The Bertz CT molecular complexity index is 616. The normalized spacial score (nSPS) is 12.2. The Kier molecular flexibility index (Phi) is 3.06. The molecule has 6 heteroatoms. The number of anilines is 1. The van der Waals surface area contributed by atoms with E-state index in [1.165, 1.54) is 0 Å². The highest BCUT2D eigenvalue weighted by Crippen LogP contribution is 2.20. The first kappa shape index (κ1) is 11.9. The summed E-state index contributed by atoms with van der Waals surface area (Å²) >= 11 is 0. The molecule has 0 fully saturated rings. The van der Waals surface area contributed by atoms with E-state index in [1.54, 1.807) is 0 Å². The number of hydrogen-bond donors (Lipinski definition) is 2. The maximum absolute atomic E-state index is 11.8. The van der Waals surface area contributed by atoms with Crippen molar-refractivity contribution in [2.24, 2.45) is 5.92 Å². The number of benzene rings is 1. The molecule has 0 aliphatic heterocycles. The number of H-pyrrole nitrogens is 1. The maximum Gasteiger partial charge on any atom is 0.234 e. The fraction of sp³-hybridized carbons (Fsp3) is 0.364. The minimum absolute atomic E-state index is 0.0812. The number of hydrogen-bond acceptors (Lipinski definition) is 3. The highest BCUT2D eigenvalue weighted by Gasteiger charge is 2.15. The van der Waals surface area contributed by atoms with Crippen molar-refractivity contribution >= 4 is 26.7 Å².